The number of ether oxygens (including phenoxy) is 3. The van der Waals surface area contributed by atoms with Gasteiger partial charge >= 0.3 is 12.1 Å². The summed E-state index contributed by atoms with van der Waals surface area (Å²) >= 11 is 0. The van der Waals surface area contributed by atoms with Crippen molar-refractivity contribution in [2.75, 3.05) is 20.3 Å². The van der Waals surface area contributed by atoms with Gasteiger partial charge in [0.2, 0.25) is 0 Å². The molecule has 6 nitrogen and oxygen atoms in total. The fourth-order valence-electron chi connectivity index (χ4n) is 1.57. The standard InChI is InChI=1S/C16H23NO5/c1-16(2,3)22-15(19)17-10-5-11-21-13-8-6-12(7-9-13)14(18)20-4/h6-9H,5,10-11H2,1-4H3,(H,17,19). The normalized spacial score (nSPS) is 10.7. The highest BCUT2D eigenvalue weighted by molar-refractivity contribution is 5.89. The highest BCUT2D eigenvalue weighted by Crippen LogP contribution is 2.13. The number of rotatable bonds is 6. The van der Waals surface area contributed by atoms with Crippen LogP contribution in [0.1, 0.15) is 37.6 Å². The number of amides is 1. The molecule has 122 valence electrons. The number of nitrogens with one attached hydrogen (secondary N) is 1. The average molecular weight is 309 g/mol. The first-order chi connectivity index (χ1) is 10.3. The van der Waals surface area contributed by atoms with E-state index < -0.39 is 11.7 Å². The molecule has 22 heavy (non-hydrogen) atoms. The molecular weight excluding hydrogens is 286 g/mol. The van der Waals surface area contributed by atoms with Gasteiger partial charge in [-0.1, -0.05) is 0 Å². The third kappa shape index (κ3) is 6.97. The number of carbonyl (C=O) groups excluding carboxylic acids is 2. The van der Waals surface area contributed by atoms with Crippen LogP contribution in [-0.2, 0) is 9.47 Å². The van der Waals surface area contributed by atoms with E-state index in [0.29, 0.717) is 30.9 Å². The molecule has 0 atom stereocenters. The van der Waals surface area contributed by atoms with E-state index in [1.165, 1.54) is 7.11 Å². The van der Waals surface area contributed by atoms with E-state index in [2.05, 4.69) is 10.1 Å². The van der Waals surface area contributed by atoms with Crippen molar-refractivity contribution in [1.82, 2.24) is 5.32 Å². The number of methoxy groups -OCH3 is 1. The second-order valence-electron chi connectivity index (χ2n) is 5.65. The molecule has 6 heteroatoms. The second kappa shape index (κ2) is 8.26. The van der Waals surface area contributed by atoms with Crippen molar-refractivity contribution in [3.8, 4) is 5.75 Å². The van der Waals surface area contributed by atoms with Crippen LogP contribution < -0.4 is 10.1 Å². The lowest BCUT2D eigenvalue weighted by Crippen LogP contribution is -2.33. The van der Waals surface area contributed by atoms with E-state index in [4.69, 9.17) is 9.47 Å². The van der Waals surface area contributed by atoms with Crippen molar-refractivity contribution in [2.24, 2.45) is 0 Å². The van der Waals surface area contributed by atoms with Gasteiger partial charge in [0.1, 0.15) is 11.4 Å². The SMILES string of the molecule is COC(=O)c1ccc(OCCCNC(=O)OC(C)(C)C)cc1. The van der Waals surface area contributed by atoms with E-state index in [-0.39, 0.29) is 5.97 Å². The zero-order valence-electron chi connectivity index (χ0n) is 13.5. The Bertz CT molecular complexity index is 490. The molecule has 0 radical (unpaired) electrons. The maximum absolute atomic E-state index is 11.4. The van der Waals surface area contributed by atoms with Crippen molar-refractivity contribution in [2.45, 2.75) is 32.8 Å². The Kier molecular flexibility index (Phi) is 6.69. The van der Waals surface area contributed by atoms with Crippen LogP contribution in [0.5, 0.6) is 5.75 Å². The van der Waals surface area contributed by atoms with Crippen LogP contribution in [-0.4, -0.2) is 37.9 Å². The molecule has 0 bridgehead atoms. The molecule has 0 unspecified atom stereocenters. The van der Waals surface area contributed by atoms with Gasteiger partial charge in [-0.25, -0.2) is 9.59 Å². The van der Waals surface area contributed by atoms with Gasteiger partial charge in [0, 0.05) is 6.54 Å². The van der Waals surface area contributed by atoms with E-state index in [0.717, 1.165) is 0 Å². The minimum Gasteiger partial charge on any atom is -0.494 e. The monoisotopic (exact) mass is 309 g/mol. The Hall–Kier alpha value is -2.24. The Morgan fingerprint density at radius 3 is 2.32 bits per heavy atom. The number of hydrogen-bond acceptors (Lipinski definition) is 5. The van der Waals surface area contributed by atoms with Gasteiger partial charge in [-0.15, -0.1) is 0 Å². The summed E-state index contributed by atoms with van der Waals surface area (Å²) in [6.07, 6.45) is 0.216. The summed E-state index contributed by atoms with van der Waals surface area (Å²) in [7, 11) is 1.34. The van der Waals surface area contributed by atoms with Gasteiger partial charge in [-0.2, -0.15) is 0 Å². The highest BCUT2D eigenvalue weighted by Gasteiger charge is 2.15. The molecule has 0 aliphatic carbocycles. The first-order valence-corrected chi connectivity index (χ1v) is 7.10. The third-order valence-electron chi connectivity index (χ3n) is 2.53. The average Bonchev–Trinajstić information content (AvgIpc) is 2.45. The van der Waals surface area contributed by atoms with E-state index >= 15 is 0 Å². The fraction of sp³-hybridized carbons (Fsp3) is 0.500. The minimum absolute atomic E-state index is 0.381. The quantitative estimate of drug-likeness (QED) is 0.646. The highest BCUT2D eigenvalue weighted by atomic mass is 16.6. The Labute approximate surface area is 130 Å². The van der Waals surface area contributed by atoms with Crippen LogP contribution in [0.4, 0.5) is 4.79 Å². The Morgan fingerprint density at radius 1 is 1.14 bits per heavy atom. The Balaban J connectivity index is 2.22. The van der Waals surface area contributed by atoms with Crippen LogP contribution in [0.2, 0.25) is 0 Å². The molecule has 0 aliphatic heterocycles. The molecule has 1 amide bonds. The molecule has 0 saturated carbocycles. The van der Waals surface area contributed by atoms with E-state index in [9.17, 15) is 9.59 Å². The molecule has 1 aromatic rings. The zero-order chi connectivity index (χ0) is 16.6. The summed E-state index contributed by atoms with van der Waals surface area (Å²) in [5.74, 6) is 0.276. The maximum Gasteiger partial charge on any atom is 0.407 e. The van der Waals surface area contributed by atoms with Gasteiger partial charge < -0.3 is 19.5 Å². The van der Waals surface area contributed by atoms with E-state index in [1.807, 2.05) is 20.8 Å². The van der Waals surface area contributed by atoms with Crippen LogP contribution in [0, 0.1) is 0 Å². The van der Waals surface area contributed by atoms with Crippen molar-refractivity contribution in [1.29, 1.82) is 0 Å². The van der Waals surface area contributed by atoms with Gasteiger partial charge in [-0.05, 0) is 51.5 Å². The molecule has 0 aliphatic rings. The number of carbonyl (C=O) groups is 2. The summed E-state index contributed by atoms with van der Waals surface area (Å²) in [5.41, 5.74) is -0.0245. The smallest absolute Gasteiger partial charge is 0.407 e. The fourth-order valence-corrected chi connectivity index (χ4v) is 1.57. The lowest BCUT2D eigenvalue weighted by Gasteiger charge is -2.19. The summed E-state index contributed by atoms with van der Waals surface area (Å²) in [4.78, 5) is 22.7. The van der Waals surface area contributed by atoms with Crippen molar-refractivity contribution in [3.63, 3.8) is 0 Å². The first kappa shape index (κ1) is 17.8. The maximum atomic E-state index is 11.4. The summed E-state index contributed by atoms with van der Waals surface area (Å²) in [6.45, 7) is 6.36. The topological polar surface area (TPSA) is 73.9 Å². The zero-order valence-corrected chi connectivity index (χ0v) is 13.5. The molecule has 0 heterocycles. The molecule has 0 saturated heterocycles. The molecule has 1 N–H and O–H groups in total. The van der Waals surface area contributed by atoms with Crippen molar-refractivity contribution in [3.05, 3.63) is 29.8 Å². The predicted octanol–water partition coefficient (Wildman–Crippen LogP) is 2.77. The summed E-state index contributed by atoms with van der Waals surface area (Å²) in [5, 5.41) is 2.65. The number of alkyl carbamates (subject to hydrolysis) is 1. The van der Waals surface area contributed by atoms with E-state index in [1.54, 1.807) is 24.3 Å². The van der Waals surface area contributed by atoms with Crippen LogP contribution in [0.25, 0.3) is 0 Å². The molecule has 0 aromatic heterocycles. The van der Waals surface area contributed by atoms with Crippen LogP contribution in [0.15, 0.2) is 24.3 Å². The van der Waals surface area contributed by atoms with Gasteiger partial charge in [0.15, 0.2) is 0 Å². The third-order valence-corrected chi connectivity index (χ3v) is 2.53. The van der Waals surface area contributed by atoms with Crippen molar-refractivity contribution < 1.29 is 23.8 Å². The molecule has 1 rings (SSSR count). The van der Waals surface area contributed by atoms with Crippen LogP contribution >= 0.6 is 0 Å². The summed E-state index contributed by atoms with van der Waals surface area (Å²) < 4.78 is 15.2. The number of hydrogen-bond donors (Lipinski definition) is 1. The molecular formula is C16H23NO5. The first-order valence-electron chi connectivity index (χ1n) is 7.10. The largest absolute Gasteiger partial charge is 0.494 e. The van der Waals surface area contributed by atoms with Crippen molar-refractivity contribution >= 4 is 12.1 Å². The number of benzene rings is 1. The summed E-state index contributed by atoms with van der Waals surface area (Å²) in [6, 6.07) is 6.68. The van der Waals surface area contributed by atoms with Gasteiger partial charge in [0.25, 0.3) is 0 Å². The lowest BCUT2D eigenvalue weighted by atomic mass is 10.2. The molecule has 1 aromatic carbocycles. The van der Waals surface area contributed by atoms with Crippen LogP contribution in [0.3, 0.4) is 0 Å². The van der Waals surface area contributed by atoms with Gasteiger partial charge in [0.05, 0.1) is 19.3 Å². The molecule has 0 fully saturated rings. The second-order valence-corrected chi connectivity index (χ2v) is 5.65. The molecule has 0 spiro atoms. The lowest BCUT2D eigenvalue weighted by molar-refractivity contribution is 0.0524. The minimum atomic E-state index is -0.498. The Morgan fingerprint density at radius 2 is 1.77 bits per heavy atom. The predicted molar refractivity (Wildman–Crippen MR) is 82.1 cm³/mol. The van der Waals surface area contributed by atoms with Gasteiger partial charge in [-0.3, -0.25) is 0 Å². The number of esters is 1.